The first kappa shape index (κ1) is 14.0. The Kier molecular flexibility index (Phi) is 4.57. The molecule has 0 aromatic heterocycles. The van der Waals surface area contributed by atoms with Crippen molar-refractivity contribution in [3.8, 4) is 12.3 Å². The molecule has 6 heteroatoms. The highest BCUT2D eigenvalue weighted by atomic mass is 79.9. The standard InChI is InChI=1S/C11H13BrN2O2S/c1-3-7-14(4-2)17(15,16)11-6-5-9(13)8-10(11)12/h1,5-6,8H,4,7,13H2,2H3. The number of nitrogen functional groups attached to an aromatic ring is 1. The number of sulfonamides is 1. The van der Waals surface area contributed by atoms with E-state index in [0.29, 0.717) is 16.7 Å². The summed E-state index contributed by atoms with van der Waals surface area (Å²) in [6, 6.07) is 4.56. The SMILES string of the molecule is C#CCN(CC)S(=O)(=O)c1ccc(N)cc1Br. The molecule has 17 heavy (non-hydrogen) atoms. The molecule has 0 spiro atoms. The van der Waals surface area contributed by atoms with E-state index in [1.54, 1.807) is 19.1 Å². The van der Waals surface area contributed by atoms with Crippen molar-refractivity contribution in [2.24, 2.45) is 0 Å². The number of halogens is 1. The largest absolute Gasteiger partial charge is 0.399 e. The molecule has 0 saturated carbocycles. The molecule has 0 unspecified atom stereocenters. The van der Waals surface area contributed by atoms with Crippen molar-refractivity contribution < 1.29 is 8.42 Å². The highest BCUT2D eigenvalue weighted by Crippen LogP contribution is 2.26. The first-order valence-electron chi connectivity index (χ1n) is 4.92. The molecule has 0 bridgehead atoms. The molecule has 1 aromatic carbocycles. The zero-order valence-corrected chi connectivity index (χ0v) is 11.8. The lowest BCUT2D eigenvalue weighted by Crippen LogP contribution is -2.31. The third-order valence-electron chi connectivity index (χ3n) is 2.19. The summed E-state index contributed by atoms with van der Waals surface area (Å²) < 4.78 is 26.2. The number of anilines is 1. The van der Waals surface area contributed by atoms with Crippen LogP contribution in [0.1, 0.15) is 6.92 Å². The molecule has 4 nitrogen and oxygen atoms in total. The number of benzene rings is 1. The summed E-state index contributed by atoms with van der Waals surface area (Å²) in [7, 11) is -3.57. The van der Waals surface area contributed by atoms with Gasteiger partial charge in [-0.25, -0.2) is 8.42 Å². The van der Waals surface area contributed by atoms with Gasteiger partial charge in [0.25, 0.3) is 0 Å². The summed E-state index contributed by atoms with van der Waals surface area (Å²) in [4.78, 5) is 0.170. The highest BCUT2D eigenvalue weighted by Gasteiger charge is 2.24. The van der Waals surface area contributed by atoms with Gasteiger partial charge >= 0.3 is 0 Å². The zero-order chi connectivity index (χ0) is 13.1. The monoisotopic (exact) mass is 316 g/mol. The predicted molar refractivity (Wildman–Crippen MR) is 71.8 cm³/mol. The van der Waals surface area contributed by atoms with Crippen LogP contribution in [0.4, 0.5) is 5.69 Å². The Hall–Kier alpha value is -1.03. The molecule has 0 amide bonds. The van der Waals surface area contributed by atoms with Crippen LogP contribution in [0.2, 0.25) is 0 Å². The third kappa shape index (κ3) is 3.00. The number of rotatable bonds is 4. The lowest BCUT2D eigenvalue weighted by atomic mass is 10.3. The highest BCUT2D eigenvalue weighted by molar-refractivity contribution is 9.10. The van der Waals surface area contributed by atoms with E-state index in [-0.39, 0.29) is 11.4 Å². The zero-order valence-electron chi connectivity index (χ0n) is 9.35. The maximum absolute atomic E-state index is 12.2. The molecule has 2 N–H and O–H groups in total. The van der Waals surface area contributed by atoms with Gasteiger partial charge in [-0.05, 0) is 34.1 Å². The average Bonchev–Trinajstić information content (AvgIpc) is 2.24. The van der Waals surface area contributed by atoms with Gasteiger partial charge in [-0.1, -0.05) is 12.8 Å². The van der Waals surface area contributed by atoms with Gasteiger partial charge in [0, 0.05) is 16.7 Å². The van der Waals surface area contributed by atoms with Crippen molar-refractivity contribution in [3.63, 3.8) is 0 Å². The Morgan fingerprint density at radius 3 is 2.65 bits per heavy atom. The predicted octanol–water partition coefficient (Wildman–Crippen LogP) is 1.68. The molecule has 0 aliphatic heterocycles. The molecule has 1 rings (SSSR count). The summed E-state index contributed by atoms with van der Waals surface area (Å²) in [6.07, 6.45) is 5.15. The molecule has 0 atom stereocenters. The fourth-order valence-electron chi connectivity index (χ4n) is 1.33. The van der Waals surface area contributed by atoms with Crippen LogP contribution in [-0.2, 0) is 10.0 Å². The minimum atomic E-state index is -3.57. The molecule has 0 aliphatic rings. The van der Waals surface area contributed by atoms with E-state index in [9.17, 15) is 8.42 Å². The summed E-state index contributed by atoms with van der Waals surface area (Å²) in [5, 5.41) is 0. The van der Waals surface area contributed by atoms with Crippen molar-refractivity contribution in [1.82, 2.24) is 4.31 Å². The van der Waals surface area contributed by atoms with Crippen LogP contribution < -0.4 is 5.73 Å². The molecule has 0 saturated heterocycles. The Morgan fingerprint density at radius 1 is 1.53 bits per heavy atom. The van der Waals surface area contributed by atoms with Crippen molar-refractivity contribution in [1.29, 1.82) is 0 Å². The maximum Gasteiger partial charge on any atom is 0.245 e. The fourth-order valence-corrected chi connectivity index (χ4v) is 3.75. The first-order chi connectivity index (χ1) is 7.93. The molecule has 0 radical (unpaired) electrons. The third-order valence-corrected chi connectivity index (χ3v) is 5.09. The molecule has 0 fully saturated rings. The van der Waals surface area contributed by atoms with Gasteiger partial charge in [-0.3, -0.25) is 0 Å². The van der Waals surface area contributed by atoms with Crippen LogP contribution in [0.15, 0.2) is 27.6 Å². The van der Waals surface area contributed by atoms with E-state index in [4.69, 9.17) is 12.2 Å². The van der Waals surface area contributed by atoms with Crippen molar-refractivity contribution in [2.75, 3.05) is 18.8 Å². The molecule has 1 aromatic rings. The number of terminal acetylenes is 1. The van der Waals surface area contributed by atoms with Crippen molar-refractivity contribution in [2.45, 2.75) is 11.8 Å². The lowest BCUT2D eigenvalue weighted by Gasteiger charge is -2.18. The van der Waals surface area contributed by atoms with Gasteiger partial charge in [0.15, 0.2) is 0 Å². The van der Waals surface area contributed by atoms with Crippen LogP contribution in [0.3, 0.4) is 0 Å². The van der Waals surface area contributed by atoms with Gasteiger partial charge in [0.2, 0.25) is 10.0 Å². The molecular formula is C11H13BrN2O2S. The smallest absolute Gasteiger partial charge is 0.245 e. The van der Waals surface area contributed by atoms with E-state index >= 15 is 0 Å². The van der Waals surface area contributed by atoms with Crippen LogP contribution in [0.25, 0.3) is 0 Å². The van der Waals surface area contributed by atoms with Gasteiger partial charge < -0.3 is 5.73 Å². The van der Waals surface area contributed by atoms with E-state index in [1.165, 1.54) is 10.4 Å². The van der Waals surface area contributed by atoms with E-state index in [0.717, 1.165) is 0 Å². The second-order valence-electron chi connectivity index (χ2n) is 3.33. The normalized spacial score (nSPS) is 11.4. The van der Waals surface area contributed by atoms with Crippen LogP contribution in [-0.4, -0.2) is 25.8 Å². The second-order valence-corrected chi connectivity index (χ2v) is 6.09. The summed E-state index contributed by atoms with van der Waals surface area (Å²) >= 11 is 3.19. The Balaban J connectivity index is 3.26. The molecule has 0 heterocycles. The Morgan fingerprint density at radius 2 is 2.18 bits per heavy atom. The van der Waals surface area contributed by atoms with Crippen LogP contribution >= 0.6 is 15.9 Å². The number of hydrogen-bond acceptors (Lipinski definition) is 3. The number of hydrogen-bond donors (Lipinski definition) is 1. The minimum absolute atomic E-state index is 0.0512. The van der Waals surface area contributed by atoms with Gasteiger partial charge in [0.05, 0.1) is 11.4 Å². The molecular weight excluding hydrogens is 304 g/mol. The fraction of sp³-hybridized carbons (Fsp3) is 0.273. The summed E-state index contributed by atoms with van der Waals surface area (Å²) in [6.45, 7) is 2.11. The van der Waals surface area contributed by atoms with Crippen LogP contribution in [0.5, 0.6) is 0 Å². The van der Waals surface area contributed by atoms with Crippen molar-refractivity contribution in [3.05, 3.63) is 22.7 Å². The van der Waals surface area contributed by atoms with E-state index < -0.39 is 10.0 Å². The molecule has 0 aliphatic carbocycles. The van der Waals surface area contributed by atoms with E-state index in [1.807, 2.05) is 0 Å². The summed E-state index contributed by atoms with van der Waals surface area (Å²) in [5.41, 5.74) is 6.06. The Labute approximate surface area is 110 Å². The van der Waals surface area contributed by atoms with Gasteiger partial charge in [0.1, 0.15) is 0 Å². The molecule has 92 valence electrons. The van der Waals surface area contributed by atoms with Gasteiger partial charge in [-0.2, -0.15) is 4.31 Å². The number of nitrogens with zero attached hydrogens (tertiary/aromatic N) is 1. The summed E-state index contributed by atoms with van der Waals surface area (Å²) in [5.74, 6) is 2.33. The number of nitrogens with two attached hydrogens (primary N) is 1. The second kappa shape index (κ2) is 5.54. The average molecular weight is 317 g/mol. The Bertz CT molecular complexity index is 549. The first-order valence-corrected chi connectivity index (χ1v) is 7.15. The quantitative estimate of drug-likeness (QED) is 0.679. The van der Waals surface area contributed by atoms with Crippen molar-refractivity contribution >= 4 is 31.6 Å². The maximum atomic E-state index is 12.2. The minimum Gasteiger partial charge on any atom is -0.399 e. The van der Waals surface area contributed by atoms with E-state index in [2.05, 4.69) is 21.9 Å². The van der Waals surface area contributed by atoms with Gasteiger partial charge in [-0.15, -0.1) is 6.42 Å². The van der Waals surface area contributed by atoms with Crippen LogP contribution in [0, 0.1) is 12.3 Å². The topological polar surface area (TPSA) is 63.4 Å². The lowest BCUT2D eigenvalue weighted by molar-refractivity contribution is 0.463.